The third-order valence-corrected chi connectivity index (χ3v) is 5.95. The molecule has 2 aliphatic carbocycles. The van der Waals surface area contributed by atoms with Crippen LogP contribution < -0.4 is 5.32 Å². The Hall–Kier alpha value is -0.0800. The molecule has 19 heavy (non-hydrogen) atoms. The second kappa shape index (κ2) is 6.13. The Kier molecular flexibility index (Phi) is 4.48. The molecule has 0 amide bonds. The van der Waals surface area contributed by atoms with Gasteiger partial charge < -0.3 is 10.2 Å². The van der Waals surface area contributed by atoms with E-state index in [0.29, 0.717) is 0 Å². The Balaban J connectivity index is 1.55. The maximum absolute atomic E-state index is 4.00. The fourth-order valence-electron chi connectivity index (χ4n) is 4.75. The third-order valence-electron chi connectivity index (χ3n) is 5.95. The largest absolute Gasteiger partial charge is 0.313 e. The van der Waals surface area contributed by atoms with Crippen LogP contribution in [-0.4, -0.2) is 36.6 Å². The average Bonchev–Trinajstić information content (AvgIpc) is 2.88. The zero-order valence-corrected chi connectivity index (χ0v) is 12.9. The molecule has 3 rings (SSSR count). The standard InChI is InChI=1S/C17H32N2/c1-13(2)19-11-15-8-5-9-16(12-19)17(15)18-10-14-6-3-4-7-14/h13-18H,3-12H2,1-2H3. The number of hydrogen-bond acceptors (Lipinski definition) is 2. The van der Waals surface area contributed by atoms with Crippen molar-refractivity contribution in [3.63, 3.8) is 0 Å². The van der Waals surface area contributed by atoms with Crippen molar-refractivity contribution in [3.8, 4) is 0 Å². The van der Waals surface area contributed by atoms with Crippen molar-refractivity contribution in [3.05, 3.63) is 0 Å². The van der Waals surface area contributed by atoms with E-state index < -0.39 is 0 Å². The minimum absolute atomic E-state index is 0.735. The fraction of sp³-hybridized carbons (Fsp3) is 1.00. The first-order valence-corrected chi connectivity index (χ1v) is 8.71. The fourth-order valence-corrected chi connectivity index (χ4v) is 4.75. The second-order valence-corrected chi connectivity index (χ2v) is 7.58. The van der Waals surface area contributed by atoms with Gasteiger partial charge in [-0.15, -0.1) is 0 Å². The summed E-state index contributed by atoms with van der Waals surface area (Å²) < 4.78 is 0. The second-order valence-electron chi connectivity index (χ2n) is 7.58. The zero-order chi connectivity index (χ0) is 13.2. The summed E-state index contributed by atoms with van der Waals surface area (Å²) in [4.78, 5) is 2.72. The van der Waals surface area contributed by atoms with Crippen molar-refractivity contribution in [2.24, 2.45) is 17.8 Å². The Bertz CT molecular complexity index is 269. The smallest absolute Gasteiger partial charge is 0.0148 e. The number of hydrogen-bond donors (Lipinski definition) is 1. The van der Waals surface area contributed by atoms with Gasteiger partial charge in [-0.25, -0.2) is 0 Å². The molecule has 1 N–H and O–H groups in total. The van der Waals surface area contributed by atoms with Crippen LogP contribution in [0.4, 0.5) is 0 Å². The van der Waals surface area contributed by atoms with Gasteiger partial charge in [-0.3, -0.25) is 0 Å². The van der Waals surface area contributed by atoms with Crippen LogP contribution in [0, 0.1) is 17.8 Å². The predicted octanol–water partition coefficient (Wildman–Crippen LogP) is 3.28. The minimum atomic E-state index is 0.735. The maximum atomic E-state index is 4.00. The van der Waals surface area contributed by atoms with Crippen LogP contribution in [0.25, 0.3) is 0 Å². The SMILES string of the molecule is CC(C)N1CC2CCCC(C1)C2NCC1CCCC1. The lowest BCUT2D eigenvalue weighted by atomic mass is 9.73. The Morgan fingerprint density at radius 2 is 1.58 bits per heavy atom. The Labute approximate surface area is 119 Å². The molecule has 2 unspecified atom stereocenters. The molecule has 0 aromatic carbocycles. The van der Waals surface area contributed by atoms with Crippen molar-refractivity contribution in [1.82, 2.24) is 10.2 Å². The molecule has 1 aliphatic heterocycles. The van der Waals surface area contributed by atoms with E-state index in [0.717, 1.165) is 29.8 Å². The number of fused-ring (bicyclic) bond motifs is 2. The van der Waals surface area contributed by atoms with Gasteiger partial charge in [-0.2, -0.15) is 0 Å². The number of likely N-dealkylation sites (tertiary alicyclic amines) is 1. The Morgan fingerprint density at radius 3 is 2.16 bits per heavy atom. The van der Waals surface area contributed by atoms with Gasteiger partial charge in [0, 0.05) is 25.2 Å². The molecule has 3 aliphatic rings. The third kappa shape index (κ3) is 3.16. The molecule has 1 saturated heterocycles. The van der Waals surface area contributed by atoms with Gasteiger partial charge in [-0.05, 0) is 63.8 Å². The zero-order valence-electron chi connectivity index (χ0n) is 12.9. The van der Waals surface area contributed by atoms with Crippen LogP contribution in [0.15, 0.2) is 0 Å². The predicted molar refractivity (Wildman–Crippen MR) is 81.3 cm³/mol. The van der Waals surface area contributed by atoms with Gasteiger partial charge in [0.2, 0.25) is 0 Å². The lowest BCUT2D eigenvalue weighted by Gasteiger charge is -2.49. The highest BCUT2D eigenvalue weighted by Crippen LogP contribution is 2.36. The Morgan fingerprint density at radius 1 is 0.947 bits per heavy atom. The number of piperidine rings is 1. The van der Waals surface area contributed by atoms with Gasteiger partial charge in [0.15, 0.2) is 0 Å². The lowest BCUT2D eigenvalue weighted by molar-refractivity contribution is 0.0283. The summed E-state index contributed by atoms with van der Waals surface area (Å²) in [7, 11) is 0. The summed E-state index contributed by atoms with van der Waals surface area (Å²) in [5.74, 6) is 2.84. The summed E-state index contributed by atoms with van der Waals surface area (Å²) in [6.45, 7) is 8.72. The number of nitrogens with zero attached hydrogens (tertiary/aromatic N) is 1. The van der Waals surface area contributed by atoms with Crippen LogP contribution in [0.5, 0.6) is 0 Å². The molecule has 0 spiro atoms. The van der Waals surface area contributed by atoms with Crippen LogP contribution in [0.1, 0.15) is 58.8 Å². The van der Waals surface area contributed by atoms with Crippen LogP contribution in [0.3, 0.4) is 0 Å². The highest BCUT2D eigenvalue weighted by Gasteiger charge is 2.39. The molecule has 3 fully saturated rings. The molecular formula is C17H32N2. The number of rotatable bonds is 4. The average molecular weight is 264 g/mol. The summed E-state index contributed by atoms with van der Waals surface area (Å²) in [6.07, 6.45) is 10.3. The molecule has 0 aromatic heterocycles. The molecular weight excluding hydrogens is 232 g/mol. The monoisotopic (exact) mass is 264 g/mol. The van der Waals surface area contributed by atoms with E-state index in [4.69, 9.17) is 0 Å². The summed E-state index contributed by atoms with van der Waals surface area (Å²) in [5.41, 5.74) is 0. The number of nitrogens with one attached hydrogen (secondary N) is 1. The highest BCUT2D eigenvalue weighted by molar-refractivity contribution is 4.95. The van der Waals surface area contributed by atoms with Gasteiger partial charge in [-0.1, -0.05) is 19.3 Å². The van der Waals surface area contributed by atoms with Crippen LogP contribution in [-0.2, 0) is 0 Å². The first-order chi connectivity index (χ1) is 9.24. The van der Waals surface area contributed by atoms with Crippen molar-refractivity contribution >= 4 is 0 Å². The molecule has 2 heteroatoms. The van der Waals surface area contributed by atoms with Crippen molar-refractivity contribution in [2.75, 3.05) is 19.6 Å². The van der Waals surface area contributed by atoms with Gasteiger partial charge in [0.05, 0.1) is 0 Å². The van der Waals surface area contributed by atoms with E-state index in [1.54, 1.807) is 0 Å². The van der Waals surface area contributed by atoms with E-state index >= 15 is 0 Å². The van der Waals surface area contributed by atoms with E-state index in [2.05, 4.69) is 24.1 Å². The molecule has 2 atom stereocenters. The topological polar surface area (TPSA) is 15.3 Å². The molecule has 110 valence electrons. The molecule has 0 aromatic rings. The minimum Gasteiger partial charge on any atom is -0.313 e. The van der Waals surface area contributed by atoms with E-state index in [9.17, 15) is 0 Å². The van der Waals surface area contributed by atoms with Crippen LogP contribution in [0.2, 0.25) is 0 Å². The quantitative estimate of drug-likeness (QED) is 0.838. The van der Waals surface area contributed by atoms with Crippen molar-refractivity contribution in [1.29, 1.82) is 0 Å². The van der Waals surface area contributed by atoms with Crippen molar-refractivity contribution < 1.29 is 0 Å². The molecule has 0 radical (unpaired) electrons. The maximum Gasteiger partial charge on any atom is 0.0148 e. The molecule has 2 bridgehead atoms. The molecule has 2 nitrogen and oxygen atoms in total. The van der Waals surface area contributed by atoms with Crippen LogP contribution >= 0.6 is 0 Å². The van der Waals surface area contributed by atoms with E-state index in [-0.39, 0.29) is 0 Å². The van der Waals surface area contributed by atoms with Crippen molar-refractivity contribution in [2.45, 2.75) is 70.9 Å². The first kappa shape index (κ1) is 13.9. The van der Waals surface area contributed by atoms with Gasteiger partial charge in [0.25, 0.3) is 0 Å². The lowest BCUT2D eigenvalue weighted by Crippen LogP contribution is -2.58. The molecule has 1 heterocycles. The summed E-state index contributed by atoms with van der Waals surface area (Å²) >= 11 is 0. The van der Waals surface area contributed by atoms with E-state index in [1.165, 1.54) is 64.6 Å². The van der Waals surface area contributed by atoms with Gasteiger partial charge >= 0.3 is 0 Å². The normalized spacial score (nSPS) is 37.1. The van der Waals surface area contributed by atoms with E-state index in [1.807, 2.05) is 0 Å². The first-order valence-electron chi connectivity index (χ1n) is 8.71. The molecule has 2 saturated carbocycles. The van der Waals surface area contributed by atoms with Gasteiger partial charge in [0.1, 0.15) is 0 Å². The summed E-state index contributed by atoms with van der Waals surface area (Å²) in [5, 5.41) is 4.00. The summed E-state index contributed by atoms with van der Waals surface area (Å²) in [6, 6.07) is 1.57. The highest BCUT2D eigenvalue weighted by atomic mass is 15.2.